The van der Waals surface area contributed by atoms with Gasteiger partial charge in [-0.25, -0.2) is 0 Å². The Morgan fingerprint density at radius 1 is 0.853 bits per heavy atom. The van der Waals surface area contributed by atoms with Crippen LogP contribution < -0.4 is 18.9 Å². The first kappa shape index (κ1) is 26.9. The number of likely N-dealkylation sites (N-methyl/N-ethyl adjacent to an activating group) is 1. The van der Waals surface area contributed by atoms with E-state index in [9.17, 15) is 0 Å². The smallest absolute Gasteiger partial charge is 0.161 e. The molecule has 0 saturated carbocycles. The van der Waals surface area contributed by atoms with Gasteiger partial charge in [0, 0.05) is 13.1 Å². The molecular formula is C27H39NO4S2. The maximum Gasteiger partial charge on any atom is 0.161 e. The first-order valence-corrected chi connectivity index (χ1v) is 13.8. The van der Waals surface area contributed by atoms with Crippen molar-refractivity contribution in [3.8, 4) is 23.0 Å². The molecule has 0 aliphatic carbocycles. The molecular weight excluding hydrogens is 466 g/mol. The molecule has 0 spiro atoms. The molecule has 1 aliphatic rings. The molecule has 0 aromatic heterocycles. The Labute approximate surface area is 213 Å². The average Bonchev–Trinajstić information content (AvgIpc) is 2.87. The van der Waals surface area contributed by atoms with Crippen molar-refractivity contribution in [1.82, 2.24) is 4.90 Å². The summed E-state index contributed by atoms with van der Waals surface area (Å²) in [6, 6.07) is 12.6. The number of benzene rings is 2. The highest BCUT2D eigenvalue weighted by Crippen LogP contribution is 2.55. The minimum Gasteiger partial charge on any atom is -0.493 e. The van der Waals surface area contributed by atoms with E-state index in [1.807, 2.05) is 12.1 Å². The molecule has 1 aliphatic heterocycles. The van der Waals surface area contributed by atoms with Crippen LogP contribution in [0.25, 0.3) is 0 Å². The van der Waals surface area contributed by atoms with Crippen LogP contribution in [0.4, 0.5) is 0 Å². The summed E-state index contributed by atoms with van der Waals surface area (Å²) in [7, 11) is 8.99. The van der Waals surface area contributed by atoms with Gasteiger partial charge >= 0.3 is 0 Å². The van der Waals surface area contributed by atoms with Crippen molar-refractivity contribution in [3.05, 3.63) is 47.5 Å². The third kappa shape index (κ3) is 6.70. The van der Waals surface area contributed by atoms with Gasteiger partial charge in [0.1, 0.15) is 0 Å². The third-order valence-corrected chi connectivity index (χ3v) is 9.68. The number of hydrogen-bond acceptors (Lipinski definition) is 7. The molecule has 0 unspecified atom stereocenters. The van der Waals surface area contributed by atoms with E-state index < -0.39 is 0 Å². The number of methoxy groups -OCH3 is 4. The van der Waals surface area contributed by atoms with Gasteiger partial charge in [0.15, 0.2) is 23.0 Å². The lowest BCUT2D eigenvalue weighted by Gasteiger charge is -2.39. The van der Waals surface area contributed by atoms with Gasteiger partial charge in [0.25, 0.3) is 0 Å². The summed E-state index contributed by atoms with van der Waals surface area (Å²) >= 11 is 4.18. The fourth-order valence-electron chi connectivity index (χ4n) is 4.55. The van der Waals surface area contributed by atoms with E-state index in [1.165, 1.54) is 29.1 Å². The standard InChI is InChI=1S/C27H39NO4S2/c1-20(19-28(2)13-12-21-8-10-23(29-3)25(16-21)31-5)18-27(33-14-7-15-34-27)22-9-11-24(30-4)26(17-22)32-6/h8-11,16-17,20H,7,12-15,18-19H2,1-6H3/t20-/m1/s1. The SMILES string of the molecule is COc1ccc(CCN(C)C[C@H](C)CC2(c3ccc(OC)c(OC)c3)SCCCS2)cc1OC. The fourth-order valence-corrected chi connectivity index (χ4v) is 8.20. The summed E-state index contributed by atoms with van der Waals surface area (Å²) in [6.45, 7) is 4.44. The van der Waals surface area contributed by atoms with Gasteiger partial charge in [-0.15, -0.1) is 23.5 Å². The van der Waals surface area contributed by atoms with Crippen LogP contribution in [0.2, 0.25) is 0 Å². The van der Waals surface area contributed by atoms with Crippen molar-refractivity contribution in [1.29, 1.82) is 0 Å². The summed E-state index contributed by atoms with van der Waals surface area (Å²) in [6.07, 6.45) is 3.37. The molecule has 7 heteroatoms. The van der Waals surface area contributed by atoms with Crippen LogP contribution in [-0.4, -0.2) is 65.0 Å². The summed E-state index contributed by atoms with van der Waals surface area (Å²) in [4.78, 5) is 2.45. The molecule has 1 heterocycles. The minimum atomic E-state index is 0.0570. The Morgan fingerprint density at radius 2 is 1.44 bits per heavy atom. The fraction of sp³-hybridized carbons (Fsp3) is 0.556. The second-order valence-electron chi connectivity index (χ2n) is 8.88. The Kier molecular flexibility index (Phi) is 10.2. The zero-order valence-electron chi connectivity index (χ0n) is 21.4. The van der Waals surface area contributed by atoms with E-state index in [2.05, 4.69) is 66.7 Å². The molecule has 0 bridgehead atoms. The van der Waals surface area contributed by atoms with Gasteiger partial charge in [-0.3, -0.25) is 0 Å². The second kappa shape index (κ2) is 12.8. The number of thioether (sulfide) groups is 2. The molecule has 2 aromatic rings. The number of rotatable bonds is 12. The van der Waals surface area contributed by atoms with Gasteiger partial charge in [-0.05, 0) is 79.1 Å². The maximum absolute atomic E-state index is 5.62. The summed E-state index contributed by atoms with van der Waals surface area (Å²) in [5, 5.41) is 0. The van der Waals surface area contributed by atoms with Crippen LogP contribution in [0.3, 0.4) is 0 Å². The highest BCUT2D eigenvalue weighted by molar-refractivity contribution is 8.18. The van der Waals surface area contributed by atoms with Crippen LogP contribution >= 0.6 is 23.5 Å². The van der Waals surface area contributed by atoms with Crippen LogP contribution in [-0.2, 0) is 10.5 Å². The number of ether oxygens (including phenoxy) is 4. The highest BCUT2D eigenvalue weighted by atomic mass is 32.2. The van der Waals surface area contributed by atoms with Gasteiger partial charge in [0.2, 0.25) is 0 Å². The van der Waals surface area contributed by atoms with Crippen molar-refractivity contribution < 1.29 is 18.9 Å². The molecule has 34 heavy (non-hydrogen) atoms. The Hall–Kier alpha value is -1.70. The Morgan fingerprint density at radius 3 is 2.06 bits per heavy atom. The van der Waals surface area contributed by atoms with Crippen molar-refractivity contribution in [2.75, 3.05) is 60.1 Å². The second-order valence-corrected chi connectivity index (χ2v) is 11.9. The summed E-state index contributed by atoms with van der Waals surface area (Å²) < 4.78 is 22.0. The topological polar surface area (TPSA) is 40.2 Å². The van der Waals surface area contributed by atoms with Gasteiger partial charge in [0.05, 0.1) is 32.5 Å². The van der Waals surface area contributed by atoms with Crippen molar-refractivity contribution in [2.45, 2.75) is 30.3 Å². The van der Waals surface area contributed by atoms with Crippen LogP contribution in [0, 0.1) is 5.92 Å². The van der Waals surface area contributed by atoms with Crippen LogP contribution in [0.5, 0.6) is 23.0 Å². The zero-order valence-corrected chi connectivity index (χ0v) is 23.0. The van der Waals surface area contributed by atoms with Gasteiger partial charge in [-0.2, -0.15) is 0 Å². The number of nitrogens with zero attached hydrogens (tertiary/aromatic N) is 1. The predicted octanol–water partition coefficient (Wildman–Crippen LogP) is 5.94. The van der Waals surface area contributed by atoms with Gasteiger partial charge < -0.3 is 23.8 Å². The van der Waals surface area contributed by atoms with Crippen LogP contribution in [0.1, 0.15) is 30.9 Å². The summed E-state index contributed by atoms with van der Waals surface area (Å²) in [5.41, 5.74) is 2.59. The number of hydrogen-bond donors (Lipinski definition) is 0. The quantitative estimate of drug-likeness (QED) is 0.353. The lowest BCUT2D eigenvalue weighted by molar-refractivity contribution is 0.277. The largest absolute Gasteiger partial charge is 0.493 e. The Balaban J connectivity index is 1.64. The molecule has 188 valence electrons. The first-order valence-electron chi connectivity index (χ1n) is 11.8. The lowest BCUT2D eigenvalue weighted by Crippen LogP contribution is -2.32. The minimum absolute atomic E-state index is 0.0570. The average molecular weight is 506 g/mol. The monoisotopic (exact) mass is 505 g/mol. The van der Waals surface area contributed by atoms with Crippen molar-refractivity contribution >= 4 is 23.5 Å². The van der Waals surface area contributed by atoms with E-state index >= 15 is 0 Å². The van der Waals surface area contributed by atoms with E-state index in [0.29, 0.717) is 5.92 Å². The van der Waals surface area contributed by atoms with E-state index in [0.717, 1.165) is 48.9 Å². The zero-order chi connectivity index (χ0) is 24.6. The third-order valence-electron chi connectivity index (χ3n) is 6.25. The van der Waals surface area contributed by atoms with Crippen molar-refractivity contribution in [3.63, 3.8) is 0 Å². The highest BCUT2D eigenvalue weighted by Gasteiger charge is 2.37. The molecule has 1 saturated heterocycles. The molecule has 0 radical (unpaired) electrons. The normalized spacial score (nSPS) is 16.2. The molecule has 5 nitrogen and oxygen atoms in total. The predicted molar refractivity (Wildman–Crippen MR) is 145 cm³/mol. The molecule has 1 fully saturated rings. The first-order chi connectivity index (χ1) is 16.4. The Bertz CT molecular complexity index is 917. The maximum atomic E-state index is 5.62. The molecule has 2 aromatic carbocycles. The van der Waals surface area contributed by atoms with Crippen LogP contribution in [0.15, 0.2) is 36.4 Å². The molecule has 0 N–H and O–H groups in total. The van der Waals surface area contributed by atoms with E-state index in [1.54, 1.807) is 28.4 Å². The summed E-state index contributed by atoms with van der Waals surface area (Å²) in [5.74, 6) is 6.12. The van der Waals surface area contributed by atoms with Crippen molar-refractivity contribution in [2.24, 2.45) is 5.92 Å². The molecule has 3 rings (SSSR count). The lowest BCUT2D eigenvalue weighted by atomic mass is 9.98. The van der Waals surface area contributed by atoms with Gasteiger partial charge in [-0.1, -0.05) is 19.1 Å². The molecule has 0 amide bonds. The van der Waals surface area contributed by atoms with E-state index in [4.69, 9.17) is 18.9 Å². The molecule has 1 atom stereocenters. The van der Waals surface area contributed by atoms with E-state index in [-0.39, 0.29) is 4.08 Å².